The highest BCUT2D eigenvalue weighted by atomic mass is 19.4. The standard InChI is InChI=1S/C8HF15/c9-2(10)1-3(11,12)4(13,14)5(15,16)6(17,18)7(19,20)8(21,22)23/h1H. The number of hydrogen-bond donors (Lipinski definition) is 0. The van der Waals surface area contributed by atoms with Crippen molar-refractivity contribution in [1.29, 1.82) is 0 Å². The zero-order valence-corrected chi connectivity index (χ0v) is 9.75. The Labute approximate surface area is 115 Å². The SMILES string of the molecule is FC(F)=CC(F)(F)C(F)(F)C(F)(F)C(F)(F)C(F)(F)C(F)(F)F. The molecule has 0 amide bonds. The fourth-order valence-electron chi connectivity index (χ4n) is 1.01. The molecule has 0 heterocycles. The van der Waals surface area contributed by atoms with Gasteiger partial charge in [0, 0.05) is 0 Å². The molecule has 0 N–H and O–H groups in total. The average Bonchev–Trinajstić information content (AvgIpc) is 2.24. The molecule has 0 aliphatic carbocycles. The molecule has 0 saturated heterocycles. The molecule has 15 heteroatoms. The normalized spacial score (nSPS) is 15.6. The molecule has 0 bridgehead atoms. The van der Waals surface area contributed by atoms with Gasteiger partial charge in [-0.2, -0.15) is 65.9 Å². The summed E-state index contributed by atoms with van der Waals surface area (Å²) in [5.41, 5.74) is 0. The predicted molar refractivity (Wildman–Crippen MR) is 41.1 cm³/mol. The molecule has 0 aliphatic rings. The lowest BCUT2D eigenvalue weighted by Crippen LogP contribution is -2.69. The van der Waals surface area contributed by atoms with Crippen LogP contribution in [0.5, 0.6) is 0 Å². The van der Waals surface area contributed by atoms with Crippen LogP contribution in [-0.4, -0.2) is 35.8 Å². The molecule has 0 rings (SSSR count). The van der Waals surface area contributed by atoms with E-state index in [-0.39, 0.29) is 0 Å². The van der Waals surface area contributed by atoms with E-state index in [0.717, 1.165) is 0 Å². The zero-order valence-electron chi connectivity index (χ0n) is 9.75. The van der Waals surface area contributed by atoms with Crippen LogP contribution in [0.3, 0.4) is 0 Å². The van der Waals surface area contributed by atoms with E-state index < -0.39 is 47.9 Å². The number of rotatable bonds is 5. The third-order valence-corrected chi connectivity index (χ3v) is 2.25. The molecule has 0 radical (unpaired) electrons. The van der Waals surface area contributed by atoms with Crippen molar-refractivity contribution in [2.45, 2.75) is 35.8 Å². The van der Waals surface area contributed by atoms with Crippen LogP contribution in [0.4, 0.5) is 65.9 Å². The molecule has 0 saturated carbocycles. The Morgan fingerprint density at radius 2 is 0.783 bits per heavy atom. The van der Waals surface area contributed by atoms with Crippen LogP contribution < -0.4 is 0 Å². The molecule has 0 aromatic heterocycles. The third-order valence-electron chi connectivity index (χ3n) is 2.25. The summed E-state index contributed by atoms with van der Waals surface area (Å²) in [6, 6.07) is 0. The van der Waals surface area contributed by atoms with Gasteiger partial charge in [0.15, 0.2) is 0 Å². The number of alkyl halides is 13. The maximum absolute atomic E-state index is 12.7. The van der Waals surface area contributed by atoms with E-state index in [9.17, 15) is 65.9 Å². The lowest BCUT2D eigenvalue weighted by Gasteiger charge is -2.38. The first-order valence-corrected chi connectivity index (χ1v) is 4.66. The van der Waals surface area contributed by atoms with Gasteiger partial charge in [0.05, 0.1) is 6.08 Å². The number of hydrogen-bond acceptors (Lipinski definition) is 0. The van der Waals surface area contributed by atoms with Crippen molar-refractivity contribution in [3.05, 3.63) is 12.2 Å². The van der Waals surface area contributed by atoms with Gasteiger partial charge in [-0.15, -0.1) is 0 Å². The van der Waals surface area contributed by atoms with Gasteiger partial charge in [-0.05, 0) is 0 Å². The molecule has 0 nitrogen and oxygen atoms in total. The molecule has 23 heavy (non-hydrogen) atoms. The van der Waals surface area contributed by atoms with Gasteiger partial charge < -0.3 is 0 Å². The van der Waals surface area contributed by atoms with Crippen molar-refractivity contribution in [1.82, 2.24) is 0 Å². The number of halogens is 15. The Kier molecular flexibility index (Phi) is 5.05. The molecule has 138 valence electrons. The minimum atomic E-state index is -8.09. The fraction of sp³-hybridized carbons (Fsp3) is 0.750. The van der Waals surface area contributed by atoms with Gasteiger partial charge in [-0.1, -0.05) is 0 Å². The van der Waals surface area contributed by atoms with Crippen LogP contribution in [0.1, 0.15) is 0 Å². The first-order chi connectivity index (χ1) is 9.67. The summed E-state index contributed by atoms with van der Waals surface area (Å²) in [5.74, 6) is -38.6. The molecule has 0 spiro atoms. The monoisotopic (exact) mass is 382 g/mol. The van der Waals surface area contributed by atoms with Crippen molar-refractivity contribution >= 4 is 0 Å². The Morgan fingerprint density at radius 3 is 1.04 bits per heavy atom. The Hall–Kier alpha value is -1.31. The van der Waals surface area contributed by atoms with Crippen molar-refractivity contribution in [2.24, 2.45) is 0 Å². The van der Waals surface area contributed by atoms with E-state index in [1.807, 2.05) is 0 Å². The summed E-state index contributed by atoms with van der Waals surface area (Å²) < 4.78 is 183. The zero-order chi connectivity index (χ0) is 19.3. The summed E-state index contributed by atoms with van der Waals surface area (Å²) in [4.78, 5) is 0. The lowest BCUT2D eigenvalue weighted by atomic mass is 9.94. The van der Waals surface area contributed by atoms with Crippen molar-refractivity contribution in [3.63, 3.8) is 0 Å². The third kappa shape index (κ3) is 3.05. The fourth-order valence-corrected chi connectivity index (χ4v) is 1.01. The quantitative estimate of drug-likeness (QED) is 0.551. The van der Waals surface area contributed by atoms with E-state index in [1.54, 1.807) is 0 Å². The van der Waals surface area contributed by atoms with Gasteiger partial charge in [-0.3, -0.25) is 0 Å². The van der Waals surface area contributed by atoms with Gasteiger partial charge in [-0.25, -0.2) is 0 Å². The minimum Gasteiger partial charge on any atom is -0.195 e. The van der Waals surface area contributed by atoms with Crippen LogP contribution >= 0.6 is 0 Å². The molecular weight excluding hydrogens is 381 g/mol. The van der Waals surface area contributed by atoms with E-state index in [1.165, 1.54) is 0 Å². The molecule has 0 unspecified atom stereocenters. The maximum atomic E-state index is 12.7. The second-order valence-corrected chi connectivity index (χ2v) is 3.85. The van der Waals surface area contributed by atoms with Crippen LogP contribution in [-0.2, 0) is 0 Å². The Bertz CT molecular complexity index is 462. The minimum absolute atomic E-state index is 2.29. The first kappa shape index (κ1) is 21.7. The smallest absolute Gasteiger partial charge is 0.195 e. The Morgan fingerprint density at radius 1 is 0.478 bits per heavy atom. The summed E-state index contributed by atoms with van der Waals surface area (Å²) in [6.07, 6.45) is -13.6. The summed E-state index contributed by atoms with van der Waals surface area (Å²) in [5, 5.41) is 0. The van der Waals surface area contributed by atoms with E-state index in [2.05, 4.69) is 0 Å². The average molecular weight is 382 g/mol. The summed E-state index contributed by atoms with van der Waals surface area (Å²) in [6.45, 7) is 0. The summed E-state index contributed by atoms with van der Waals surface area (Å²) in [7, 11) is 0. The molecule has 0 atom stereocenters. The van der Waals surface area contributed by atoms with Crippen LogP contribution in [0.25, 0.3) is 0 Å². The molecule has 0 aromatic carbocycles. The molecular formula is C8HF15. The van der Waals surface area contributed by atoms with E-state index in [4.69, 9.17) is 0 Å². The predicted octanol–water partition coefficient (Wildman–Crippen LogP) is 5.51. The lowest BCUT2D eigenvalue weighted by molar-refractivity contribution is -0.436. The van der Waals surface area contributed by atoms with Gasteiger partial charge in [0.1, 0.15) is 0 Å². The van der Waals surface area contributed by atoms with Gasteiger partial charge in [0.2, 0.25) is 0 Å². The van der Waals surface area contributed by atoms with Crippen molar-refractivity contribution < 1.29 is 65.9 Å². The van der Waals surface area contributed by atoms with E-state index >= 15 is 0 Å². The highest BCUT2D eigenvalue weighted by molar-refractivity contribution is 5.15. The highest BCUT2D eigenvalue weighted by Gasteiger charge is 2.90. The Balaban J connectivity index is 6.31. The molecule has 0 aliphatic heterocycles. The van der Waals surface area contributed by atoms with Crippen molar-refractivity contribution in [3.8, 4) is 0 Å². The number of allylic oxidation sites excluding steroid dienone is 1. The van der Waals surface area contributed by atoms with Crippen LogP contribution in [0.15, 0.2) is 12.2 Å². The van der Waals surface area contributed by atoms with Gasteiger partial charge in [0.25, 0.3) is 6.08 Å². The summed E-state index contributed by atoms with van der Waals surface area (Å²) >= 11 is 0. The topological polar surface area (TPSA) is 0 Å². The second-order valence-electron chi connectivity index (χ2n) is 3.85. The van der Waals surface area contributed by atoms with Gasteiger partial charge >= 0.3 is 35.8 Å². The van der Waals surface area contributed by atoms with E-state index in [0.29, 0.717) is 0 Å². The first-order valence-electron chi connectivity index (χ1n) is 4.66. The van der Waals surface area contributed by atoms with Crippen LogP contribution in [0, 0.1) is 0 Å². The van der Waals surface area contributed by atoms with Crippen LogP contribution in [0.2, 0.25) is 0 Å². The van der Waals surface area contributed by atoms with Crippen molar-refractivity contribution in [2.75, 3.05) is 0 Å². The highest BCUT2D eigenvalue weighted by Crippen LogP contribution is 2.60. The molecule has 0 fully saturated rings. The maximum Gasteiger partial charge on any atom is 0.460 e. The molecule has 0 aromatic rings. The second kappa shape index (κ2) is 5.36. The largest absolute Gasteiger partial charge is 0.460 e.